The zero-order chi connectivity index (χ0) is 7.30. The summed E-state index contributed by atoms with van der Waals surface area (Å²) in [5.41, 5.74) is 5.53. The first-order valence-electron chi connectivity index (χ1n) is 3.31. The molecule has 1 aliphatic heterocycles. The molecule has 2 N–H and O–H groups in total. The summed E-state index contributed by atoms with van der Waals surface area (Å²) in [5, 5.41) is 5.20. The number of rotatable bonds is 0. The average molecular weight is 139 g/mol. The van der Waals surface area contributed by atoms with Gasteiger partial charge in [0.15, 0.2) is 0 Å². The van der Waals surface area contributed by atoms with Gasteiger partial charge in [0.2, 0.25) is 5.91 Å². The van der Waals surface area contributed by atoms with Crippen LogP contribution in [-0.2, 0) is 4.79 Å². The third-order valence-corrected chi connectivity index (χ3v) is 2.07. The molecule has 0 unspecified atom stereocenters. The molecule has 54 valence electrons. The van der Waals surface area contributed by atoms with Gasteiger partial charge in [0.25, 0.3) is 0 Å². The van der Waals surface area contributed by atoms with Crippen LogP contribution in [0.4, 0.5) is 0 Å². The smallest absolute Gasteiger partial charge is 0.246 e. The Morgan fingerprint density at radius 3 is 3.10 bits per heavy atom. The van der Waals surface area contributed by atoms with Crippen LogP contribution in [0, 0.1) is 11.8 Å². The maximum absolute atomic E-state index is 11.1. The summed E-state index contributed by atoms with van der Waals surface area (Å²) in [7, 11) is 1.64. The first kappa shape index (κ1) is 5.70. The molecule has 2 atom stereocenters. The molecule has 2 aliphatic rings. The van der Waals surface area contributed by atoms with Gasteiger partial charge in [-0.15, -0.1) is 0 Å². The summed E-state index contributed by atoms with van der Waals surface area (Å²) >= 11 is 0. The molecule has 0 aromatic rings. The van der Waals surface area contributed by atoms with Crippen molar-refractivity contribution < 1.29 is 4.79 Å². The van der Waals surface area contributed by atoms with Gasteiger partial charge in [0.1, 0.15) is 5.84 Å². The van der Waals surface area contributed by atoms with Crippen LogP contribution >= 0.6 is 0 Å². The largest absolute Gasteiger partial charge is 0.385 e. The standard InChI is InChI=1S/C6H9N3O/c1-9-6(10)4-2-3(4)5(7)8-9/h3-4H,2H2,1H3,(H2,7,8)/t3-,4-/m0/s1. The SMILES string of the molecule is CN1N=C(N)[C@H]2C[C@@H]2C1=O. The summed E-state index contributed by atoms with van der Waals surface area (Å²) in [5.74, 6) is 1.15. The van der Waals surface area contributed by atoms with Gasteiger partial charge in [0.05, 0.1) is 5.92 Å². The van der Waals surface area contributed by atoms with Crippen molar-refractivity contribution in [3.05, 3.63) is 0 Å². The summed E-state index contributed by atoms with van der Waals surface area (Å²) < 4.78 is 0. The van der Waals surface area contributed by atoms with Crippen molar-refractivity contribution in [3.63, 3.8) is 0 Å². The van der Waals surface area contributed by atoms with Crippen molar-refractivity contribution in [2.75, 3.05) is 7.05 Å². The molecule has 0 aromatic carbocycles. The van der Waals surface area contributed by atoms with Gasteiger partial charge in [-0.3, -0.25) is 4.79 Å². The predicted octanol–water partition coefficient (Wildman–Crippen LogP) is -0.633. The fourth-order valence-corrected chi connectivity index (χ4v) is 1.33. The van der Waals surface area contributed by atoms with E-state index in [1.54, 1.807) is 7.05 Å². The summed E-state index contributed by atoms with van der Waals surface area (Å²) in [6.07, 6.45) is 0.901. The maximum atomic E-state index is 11.1. The van der Waals surface area contributed by atoms with Crippen molar-refractivity contribution >= 4 is 11.7 Å². The zero-order valence-corrected chi connectivity index (χ0v) is 5.74. The fraction of sp³-hybridized carbons (Fsp3) is 0.667. The van der Waals surface area contributed by atoms with E-state index in [1.807, 2.05) is 0 Å². The maximum Gasteiger partial charge on any atom is 0.246 e. The third kappa shape index (κ3) is 0.558. The van der Waals surface area contributed by atoms with Crippen LogP contribution in [-0.4, -0.2) is 23.8 Å². The second-order valence-corrected chi connectivity index (χ2v) is 2.84. The lowest BCUT2D eigenvalue weighted by molar-refractivity contribution is -0.131. The second kappa shape index (κ2) is 1.51. The molecule has 0 saturated heterocycles. The first-order valence-corrected chi connectivity index (χ1v) is 3.31. The minimum atomic E-state index is 0.110. The van der Waals surface area contributed by atoms with Crippen LogP contribution in [0.15, 0.2) is 5.10 Å². The Morgan fingerprint density at radius 1 is 1.70 bits per heavy atom. The van der Waals surface area contributed by atoms with Crippen LogP contribution < -0.4 is 5.73 Å². The highest BCUT2D eigenvalue weighted by atomic mass is 16.2. The Bertz CT molecular complexity index is 223. The molecule has 0 radical (unpaired) electrons. The highest BCUT2D eigenvalue weighted by Crippen LogP contribution is 2.42. The van der Waals surface area contributed by atoms with Gasteiger partial charge in [-0.25, -0.2) is 5.01 Å². The number of amidine groups is 1. The Morgan fingerprint density at radius 2 is 2.40 bits per heavy atom. The molecule has 1 heterocycles. The number of carbonyl (C=O) groups is 1. The molecule has 10 heavy (non-hydrogen) atoms. The number of carbonyl (C=O) groups excluding carboxylic acids is 1. The van der Waals surface area contributed by atoms with Gasteiger partial charge < -0.3 is 5.73 Å². The first-order chi connectivity index (χ1) is 4.70. The Hall–Kier alpha value is -1.06. The predicted molar refractivity (Wildman–Crippen MR) is 36.0 cm³/mol. The molecule has 1 aliphatic carbocycles. The molecule has 1 amide bonds. The van der Waals surface area contributed by atoms with Crippen molar-refractivity contribution in [3.8, 4) is 0 Å². The Balaban J connectivity index is 2.30. The number of hydrazone groups is 1. The Labute approximate surface area is 58.7 Å². The van der Waals surface area contributed by atoms with Crippen molar-refractivity contribution in [1.29, 1.82) is 0 Å². The number of fused-ring (bicyclic) bond motifs is 1. The number of amides is 1. The monoisotopic (exact) mass is 139 g/mol. The lowest BCUT2D eigenvalue weighted by Gasteiger charge is -2.15. The van der Waals surface area contributed by atoms with E-state index in [1.165, 1.54) is 5.01 Å². The molecule has 2 rings (SSSR count). The minimum absolute atomic E-state index is 0.110. The molecule has 4 heteroatoms. The molecule has 0 bridgehead atoms. The van der Waals surface area contributed by atoms with Crippen molar-refractivity contribution in [1.82, 2.24) is 5.01 Å². The number of hydrogen-bond donors (Lipinski definition) is 1. The lowest BCUT2D eigenvalue weighted by Crippen LogP contribution is -2.33. The topological polar surface area (TPSA) is 58.7 Å². The van der Waals surface area contributed by atoms with E-state index in [-0.39, 0.29) is 17.7 Å². The minimum Gasteiger partial charge on any atom is -0.385 e. The van der Waals surface area contributed by atoms with Crippen LogP contribution in [0.5, 0.6) is 0 Å². The molecule has 1 fully saturated rings. The molecule has 4 nitrogen and oxygen atoms in total. The molecule has 1 saturated carbocycles. The number of nitrogens with two attached hydrogens (primary N) is 1. The highest BCUT2D eigenvalue weighted by Gasteiger charge is 2.49. The Kier molecular flexibility index (Phi) is 0.859. The quantitative estimate of drug-likeness (QED) is 0.485. The van der Waals surface area contributed by atoms with Gasteiger partial charge in [0, 0.05) is 13.0 Å². The number of nitrogens with zero attached hydrogens (tertiary/aromatic N) is 2. The van der Waals surface area contributed by atoms with Crippen molar-refractivity contribution in [2.24, 2.45) is 22.7 Å². The van der Waals surface area contributed by atoms with E-state index in [4.69, 9.17) is 5.73 Å². The van der Waals surface area contributed by atoms with E-state index >= 15 is 0 Å². The van der Waals surface area contributed by atoms with E-state index < -0.39 is 0 Å². The van der Waals surface area contributed by atoms with E-state index in [9.17, 15) is 4.79 Å². The highest BCUT2D eigenvalue weighted by molar-refractivity contribution is 5.97. The van der Waals surface area contributed by atoms with Crippen LogP contribution in [0.2, 0.25) is 0 Å². The van der Waals surface area contributed by atoms with Crippen molar-refractivity contribution in [2.45, 2.75) is 6.42 Å². The lowest BCUT2D eigenvalue weighted by atomic mass is 10.2. The summed E-state index contributed by atoms with van der Waals surface area (Å²) in [4.78, 5) is 11.1. The van der Waals surface area contributed by atoms with Crippen LogP contribution in [0.25, 0.3) is 0 Å². The molecule has 0 spiro atoms. The van der Waals surface area contributed by atoms with Gasteiger partial charge >= 0.3 is 0 Å². The molecule has 0 aromatic heterocycles. The van der Waals surface area contributed by atoms with Crippen LogP contribution in [0.3, 0.4) is 0 Å². The average Bonchev–Trinajstić information content (AvgIpc) is 2.61. The third-order valence-electron chi connectivity index (χ3n) is 2.07. The van der Waals surface area contributed by atoms with E-state index in [0.29, 0.717) is 5.84 Å². The van der Waals surface area contributed by atoms with Gasteiger partial charge in [-0.1, -0.05) is 0 Å². The second-order valence-electron chi connectivity index (χ2n) is 2.84. The van der Waals surface area contributed by atoms with E-state index in [0.717, 1.165) is 6.42 Å². The van der Waals surface area contributed by atoms with Gasteiger partial charge in [-0.2, -0.15) is 5.10 Å². The van der Waals surface area contributed by atoms with Gasteiger partial charge in [-0.05, 0) is 6.42 Å². The fourth-order valence-electron chi connectivity index (χ4n) is 1.33. The number of hydrogen-bond acceptors (Lipinski definition) is 3. The molecular weight excluding hydrogens is 130 g/mol. The summed E-state index contributed by atoms with van der Waals surface area (Å²) in [6, 6.07) is 0. The normalized spacial score (nSPS) is 37.1. The summed E-state index contributed by atoms with van der Waals surface area (Å²) in [6.45, 7) is 0. The molecular formula is C6H9N3O. The van der Waals surface area contributed by atoms with Crippen LogP contribution in [0.1, 0.15) is 6.42 Å². The van der Waals surface area contributed by atoms with E-state index in [2.05, 4.69) is 5.10 Å². The zero-order valence-electron chi connectivity index (χ0n) is 5.74.